The summed E-state index contributed by atoms with van der Waals surface area (Å²) in [5.41, 5.74) is 0. The molecular weight excluding hydrogens is 1520 g/mol. The zero-order valence-electron chi connectivity index (χ0n) is 71.7. The fourth-order valence-corrected chi connectivity index (χ4v) is 12.1. The first-order valence-corrected chi connectivity index (χ1v) is 43.5. The molecule has 0 aromatic heterocycles. The fourth-order valence-electron chi connectivity index (χ4n) is 12.1. The number of hydrogen-bond acceptors (Lipinski definition) is 22. The van der Waals surface area contributed by atoms with Gasteiger partial charge in [0.2, 0.25) is 35.4 Å². The first-order valence-electron chi connectivity index (χ1n) is 43.5. The number of carboxylic acids is 3. The topological polar surface area (TPSA) is 483 Å². The first kappa shape index (κ1) is 112. The average Bonchev–Trinajstić information content (AvgIpc) is 0.920. The summed E-state index contributed by atoms with van der Waals surface area (Å²) < 4.78 is 21.4. The van der Waals surface area contributed by atoms with Gasteiger partial charge in [0.25, 0.3) is 0 Å². The van der Waals surface area contributed by atoms with E-state index in [1.807, 2.05) is 13.8 Å². The standard InChI is InChI=1S/C44H73N3O14.C42H77N3O11/c1-31(2)39(54)21-20-36(51)26-46-42(58)34(30-49)25-38(53)28-47-43(59)33(29-48)24-37(52)27-45-40(55)22-19-32(44(60)61)23-35(50)17-15-13-11-9-7-5-3-4-6-8-10-12-14-16-18-41(56)57;1-34(2)38(47)32-55-30-29-54-27-25-43-40(49)33-56-31-28-53-26-21-22-37(46)35(3)45-42(52)36(4)44-39(48)23-19-17-15-13-11-9-7-5-6-8-10-12-14-16-18-20-24-41(50)51/h31-34,48-49H,3-30H2,1-2H3,(H,45,55)(H,46,58)(H,47,59)(H,56,57)(H,60,61);34-36H,5-33H2,1-4H3,(H,43,49)(H,44,48)(H,45,52)(H,50,51)/t32-,33+,34+;35-,36-/m10/s1. The monoisotopic (exact) mass is 1670 g/mol. The molecule has 0 saturated heterocycles. The maximum atomic E-state index is 12.6. The van der Waals surface area contributed by atoms with Crippen molar-refractivity contribution in [2.75, 3.05) is 92.2 Å². The highest BCUT2D eigenvalue weighted by molar-refractivity contribution is 5.95. The summed E-state index contributed by atoms with van der Waals surface area (Å²) in [4.78, 5) is 192. The van der Waals surface area contributed by atoms with Crippen LogP contribution in [0.3, 0.4) is 0 Å². The lowest BCUT2D eigenvalue weighted by atomic mass is 9.94. The van der Waals surface area contributed by atoms with Crippen LogP contribution in [-0.4, -0.2) is 224 Å². The van der Waals surface area contributed by atoms with Gasteiger partial charge in [0.1, 0.15) is 30.8 Å². The third kappa shape index (κ3) is 71.3. The van der Waals surface area contributed by atoms with E-state index in [-0.39, 0.29) is 131 Å². The minimum Gasteiger partial charge on any atom is -0.481 e. The third-order valence-electron chi connectivity index (χ3n) is 19.8. The molecule has 0 aliphatic heterocycles. The Kier molecular flexibility index (Phi) is 72.7. The molecule has 31 heteroatoms. The highest BCUT2D eigenvalue weighted by atomic mass is 16.5. The highest BCUT2D eigenvalue weighted by Gasteiger charge is 2.27. The third-order valence-corrected chi connectivity index (χ3v) is 19.8. The second kappa shape index (κ2) is 76.1. The number of aliphatic hydroxyl groups is 2. The number of Topliss-reactive ketones (excluding diaryl/α,β-unsaturated/α-hetero) is 7. The van der Waals surface area contributed by atoms with Gasteiger partial charge in [0, 0.05) is 95.6 Å². The minimum absolute atomic E-state index is 0.0377. The molecule has 11 N–H and O–H groups in total. The predicted octanol–water partition coefficient (Wildman–Crippen LogP) is 9.67. The quantitative estimate of drug-likeness (QED) is 0.0252. The van der Waals surface area contributed by atoms with Crippen LogP contribution in [0.15, 0.2) is 0 Å². The molecule has 117 heavy (non-hydrogen) atoms. The molecule has 6 amide bonds. The van der Waals surface area contributed by atoms with Gasteiger partial charge >= 0.3 is 17.9 Å². The Morgan fingerprint density at radius 1 is 0.282 bits per heavy atom. The van der Waals surface area contributed by atoms with E-state index in [9.17, 15) is 92.0 Å². The minimum atomic E-state index is -1.26. The van der Waals surface area contributed by atoms with Crippen LogP contribution in [0.1, 0.15) is 318 Å². The summed E-state index contributed by atoms with van der Waals surface area (Å²) in [6.45, 7) is 9.49. The van der Waals surface area contributed by atoms with E-state index in [0.717, 1.165) is 89.9 Å². The number of rotatable bonds is 82. The average molecular weight is 1670 g/mol. The smallest absolute Gasteiger partial charge is 0.306 e. The van der Waals surface area contributed by atoms with Crippen LogP contribution in [0, 0.1) is 29.6 Å². The Hall–Kier alpha value is -7.32. The Morgan fingerprint density at radius 3 is 1.09 bits per heavy atom. The van der Waals surface area contributed by atoms with Crippen molar-refractivity contribution in [1.29, 1.82) is 0 Å². The molecule has 31 nitrogen and oxygen atoms in total. The summed E-state index contributed by atoms with van der Waals surface area (Å²) in [6.07, 6.45) is 33.4. The van der Waals surface area contributed by atoms with Crippen molar-refractivity contribution in [1.82, 2.24) is 31.9 Å². The fraction of sp³-hybridized carbons (Fsp3) is 0.814. The number of hydrogen-bond donors (Lipinski definition) is 11. The molecule has 674 valence electrons. The number of ketones is 7. The Bertz CT molecular complexity index is 2820. The van der Waals surface area contributed by atoms with Crippen LogP contribution < -0.4 is 31.9 Å². The lowest BCUT2D eigenvalue weighted by molar-refractivity contribution is -0.144. The molecule has 0 fully saturated rings. The molecule has 0 bridgehead atoms. The highest BCUT2D eigenvalue weighted by Crippen LogP contribution is 2.20. The summed E-state index contributed by atoms with van der Waals surface area (Å²) in [5.74, 6) is -11.5. The van der Waals surface area contributed by atoms with E-state index < -0.39 is 128 Å². The van der Waals surface area contributed by atoms with Gasteiger partial charge in [-0.3, -0.25) is 76.7 Å². The van der Waals surface area contributed by atoms with Gasteiger partial charge in [-0.2, -0.15) is 0 Å². The Morgan fingerprint density at radius 2 is 0.667 bits per heavy atom. The van der Waals surface area contributed by atoms with Gasteiger partial charge in [0.05, 0.1) is 89.7 Å². The molecule has 0 radical (unpaired) electrons. The van der Waals surface area contributed by atoms with Crippen LogP contribution in [0.5, 0.6) is 0 Å². The first-order chi connectivity index (χ1) is 55.9. The number of unbranched alkanes of at least 4 members (excludes halogenated alkanes) is 28. The zero-order chi connectivity index (χ0) is 87.7. The normalized spacial score (nSPS) is 12.4. The van der Waals surface area contributed by atoms with E-state index >= 15 is 0 Å². The van der Waals surface area contributed by atoms with Crippen molar-refractivity contribution in [2.24, 2.45) is 29.6 Å². The molecule has 0 aliphatic carbocycles. The maximum Gasteiger partial charge on any atom is 0.306 e. The summed E-state index contributed by atoms with van der Waals surface area (Å²) >= 11 is 0. The second-order valence-electron chi connectivity index (χ2n) is 31.2. The van der Waals surface area contributed by atoms with Crippen molar-refractivity contribution in [3.8, 4) is 0 Å². The van der Waals surface area contributed by atoms with Crippen molar-refractivity contribution >= 4 is 93.8 Å². The number of aliphatic carboxylic acids is 3. The number of carbonyl (C=O) groups excluding carboxylic acids is 13. The van der Waals surface area contributed by atoms with Gasteiger partial charge in [-0.05, 0) is 52.4 Å². The predicted molar refractivity (Wildman–Crippen MR) is 441 cm³/mol. The zero-order valence-corrected chi connectivity index (χ0v) is 71.7. The number of amides is 6. The molecule has 0 saturated carbocycles. The van der Waals surface area contributed by atoms with Crippen LogP contribution >= 0.6 is 0 Å². The van der Waals surface area contributed by atoms with Crippen molar-refractivity contribution in [3.05, 3.63) is 0 Å². The molecular formula is C86H150N6O25. The lowest BCUT2D eigenvalue weighted by Gasteiger charge is -2.18. The van der Waals surface area contributed by atoms with E-state index in [4.69, 9.17) is 29.2 Å². The largest absolute Gasteiger partial charge is 0.481 e. The molecule has 0 aromatic rings. The van der Waals surface area contributed by atoms with E-state index in [1.54, 1.807) is 27.7 Å². The van der Waals surface area contributed by atoms with Gasteiger partial charge in [0.15, 0.2) is 28.9 Å². The van der Waals surface area contributed by atoms with Crippen molar-refractivity contribution in [3.63, 3.8) is 0 Å². The van der Waals surface area contributed by atoms with Crippen molar-refractivity contribution < 1.29 is 121 Å². The van der Waals surface area contributed by atoms with Crippen LogP contribution in [0.25, 0.3) is 0 Å². The molecule has 0 rings (SSSR count). The summed E-state index contributed by atoms with van der Waals surface area (Å²) in [5, 5.41) is 61.2. The molecule has 0 unspecified atom stereocenters. The van der Waals surface area contributed by atoms with Gasteiger partial charge in [-0.25, -0.2) is 0 Å². The van der Waals surface area contributed by atoms with E-state index in [1.165, 1.54) is 96.3 Å². The molecule has 5 atom stereocenters. The van der Waals surface area contributed by atoms with Crippen LogP contribution in [-0.2, 0) is 95.7 Å². The Balaban J connectivity index is 0. The molecule has 0 heterocycles. The van der Waals surface area contributed by atoms with E-state index in [2.05, 4.69) is 31.9 Å². The number of carboxylic acid groups (broad SMARTS) is 3. The number of aliphatic hydroxyl groups excluding tert-OH is 2. The van der Waals surface area contributed by atoms with Gasteiger partial charge < -0.3 is 76.4 Å². The second-order valence-corrected chi connectivity index (χ2v) is 31.2. The lowest BCUT2D eigenvalue weighted by Crippen LogP contribution is -2.49. The number of ether oxygens (including phenoxy) is 4. The molecule has 0 spiro atoms. The number of carbonyl (C=O) groups is 16. The van der Waals surface area contributed by atoms with Crippen LogP contribution in [0.4, 0.5) is 0 Å². The molecule has 0 aromatic carbocycles. The SMILES string of the molecule is CC(C)C(=O)CCC(=O)CNC(=O)[C@H](CO)CC(=O)CNC(=O)[C@H](CO)CC(=O)CNC(=O)CC[C@H](CC(=O)CCCCCCCCCCCCCCCCC(=O)O)C(=O)O.CC(C)C(=O)COCCOCCNC(=O)COCCOCCCC(=O)[C@H](C)NC(=O)[C@H](C)NC(=O)CCCCCCCCCCCCCCCCCCC(=O)O. The summed E-state index contributed by atoms with van der Waals surface area (Å²) in [6, 6.07) is -1.41. The molecule has 0 aliphatic rings. The number of nitrogens with one attached hydrogen (secondary N) is 6. The van der Waals surface area contributed by atoms with E-state index in [0.29, 0.717) is 58.7 Å². The Labute approximate surface area is 695 Å². The van der Waals surface area contributed by atoms with Crippen molar-refractivity contribution in [2.45, 2.75) is 330 Å². The summed E-state index contributed by atoms with van der Waals surface area (Å²) in [7, 11) is 0. The maximum absolute atomic E-state index is 12.6. The van der Waals surface area contributed by atoms with Gasteiger partial charge in [-0.1, -0.05) is 195 Å². The van der Waals surface area contributed by atoms with Crippen LogP contribution in [0.2, 0.25) is 0 Å². The van der Waals surface area contributed by atoms with Gasteiger partial charge in [-0.15, -0.1) is 0 Å².